The number of phenolic OH excluding ortho intramolecular Hbond substituents is 1. The molecule has 0 aliphatic rings. The maximum atomic E-state index is 9.79. The van der Waals surface area contributed by atoms with E-state index in [9.17, 15) is 5.11 Å². The number of halogens is 2. The molecule has 0 aliphatic heterocycles. The molecule has 0 aliphatic carbocycles. The van der Waals surface area contributed by atoms with E-state index >= 15 is 0 Å². The second-order valence-electron chi connectivity index (χ2n) is 3.65. The van der Waals surface area contributed by atoms with Crippen molar-refractivity contribution in [3.8, 4) is 22.9 Å². The number of methoxy groups -OCH3 is 1. The van der Waals surface area contributed by atoms with E-state index in [-0.39, 0.29) is 5.75 Å². The van der Waals surface area contributed by atoms with Crippen molar-refractivity contribution in [2.45, 2.75) is 0 Å². The minimum Gasteiger partial charge on any atom is -0.503 e. The minimum atomic E-state index is 0.0607. The van der Waals surface area contributed by atoms with Gasteiger partial charge in [0.05, 0.1) is 15.2 Å². The Bertz CT molecular complexity index is 622. The molecule has 0 saturated carbocycles. The summed E-state index contributed by atoms with van der Waals surface area (Å²) in [5.41, 5.74) is 0.759. The van der Waals surface area contributed by atoms with Crippen LogP contribution in [0.3, 0.4) is 0 Å². The fourth-order valence-corrected chi connectivity index (χ4v) is 2.51. The van der Waals surface area contributed by atoms with E-state index < -0.39 is 0 Å². The third-order valence-electron chi connectivity index (χ3n) is 2.49. The van der Waals surface area contributed by atoms with Gasteiger partial charge in [0.2, 0.25) is 0 Å². The molecule has 0 atom stereocenters. The summed E-state index contributed by atoms with van der Waals surface area (Å²) in [6, 6.07) is 3.45. The number of nitrogens with one attached hydrogen (secondary N) is 1. The second-order valence-corrected chi connectivity index (χ2v) is 5.67. The van der Waals surface area contributed by atoms with Crippen LogP contribution in [0.15, 0.2) is 22.8 Å². The predicted octanol–water partition coefficient (Wildman–Crippen LogP) is 3.27. The standard InChI is InChI=1S/C12H11BrIN3O2/c1-15-12-8(14)5-16-11(17-12)6-3-7(13)10(18)9(4-6)19-2/h3-5,18H,1-2H3,(H,15,16,17). The predicted molar refractivity (Wildman–Crippen MR) is 85.6 cm³/mol. The summed E-state index contributed by atoms with van der Waals surface area (Å²) < 4.78 is 6.59. The van der Waals surface area contributed by atoms with Crippen molar-refractivity contribution in [1.82, 2.24) is 9.97 Å². The fraction of sp³-hybridized carbons (Fsp3) is 0.167. The van der Waals surface area contributed by atoms with Crippen molar-refractivity contribution < 1.29 is 9.84 Å². The van der Waals surface area contributed by atoms with Crippen molar-refractivity contribution >= 4 is 44.3 Å². The van der Waals surface area contributed by atoms with E-state index in [1.807, 2.05) is 7.05 Å². The van der Waals surface area contributed by atoms with E-state index in [0.717, 1.165) is 15.0 Å². The van der Waals surface area contributed by atoms with Crippen LogP contribution in [0.5, 0.6) is 11.5 Å². The molecule has 100 valence electrons. The Morgan fingerprint density at radius 2 is 2.16 bits per heavy atom. The number of hydrogen-bond donors (Lipinski definition) is 2. The van der Waals surface area contributed by atoms with Crippen LogP contribution < -0.4 is 10.1 Å². The number of rotatable bonds is 3. The lowest BCUT2D eigenvalue weighted by Crippen LogP contribution is -1.99. The van der Waals surface area contributed by atoms with Gasteiger partial charge in [-0.2, -0.15) is 0 Å². The normalized spacial score (nSPS) is 10.3. The molecule has 0 saturated heterocycles. The van der Waals surface area contributed by atoms with E-state index in [2.05, 4.69) is 53.8 Å². The number of aromatic hydroxyl groups is 1. The molecule has 0 unspecified atom stereocenters. The molecular formula is C12H11BrIN3O2. The Morgan fingerprint density at radius 3 is 2.79 bits per heavy atom. The highest BCUT2D eigenvalue weighted by atomic mass is 127. The molecule has 2 N–H and O–H groups in total. The first-order chi connectivity index (χ1) is 9.06. The highest BCUT2D eigenvalue weighted by Crippen LogP contribution is 2.37. The van der Waals surface area contributed by atoms with Gasteiger partial charge in [0.15, 0.2) is 17.3 Å². The van der Waals surface area contributed by atoms with Gasteiger partial charge in [0, 0.05) is 18.8 Å². The van der Waals surface area contributed by atoms with Crippen molar-refractivity contribution in [3.63, 3.8) is 0 Å². The number of aromatic nitrogens is 2. The molecule has 0 bridgehead atoms. The summed E-state index contributed by atoms with van der Waals surface area (Å²) in [4.78, 5) is 8.71. The third kappa shape index (κ3) is 2.92. The number of hydrogen-bond acceptors (Lipinski definition) is 5. The first-order valence-electron chi connectivity index (χ1n) is 5.34. The Balaban J connectivity index is 2.55. The van der Waals surface area contributed by atoms with Gasteiger partial charge in [-0.15, -0.1) is 0 Å². The summed E-state index contributed by atoms with van der Waals surface area (Å²) in [7, 11) is 3.31. The molecule has 1 heterocycles. The third-order valence-corrected chi connectivity index (χ3v) is 3.88. The van der Waals surface area contributed by atoms with Gasteiger partial charge in [-0.3, -0.25) is 0 Å². The fourth-order valence-electron chi connectivity index (χ4n) is 1.54. The molecule has 19 heavy (non-hydrogen) atoms. The number of nitrogens with zero attached hydrogens (tertiary/aromatic N) is 2. The van der Waals surface area contributed by atoms with Gasteiger partial charge in [-0.05, 0) is 50.7 Å². The van der Waals surface area contributed by atoms with E-state index in [1.54, 1.807) is 18.3 Å². The molecule has 1 aromatic carbocycles. The Kier molecular flexibility index (Phi) is 4.46. The monoisotopic (exact) mass is 435 g/mol. The summed E-state index contributed by atoms with van der Waals surface area (Å²) in [6.45, 7) is 0. The smallest absolute Gasteiger partial charge is 0.172 e. The van der Waals surface area contributed by atoms with Crippen LogP contribution in [0.25, 0.3) is 11.4 Å². The van der Waals surface area contributed by atoms with Crippen LogP contribution in [0.1, 0.15) is 0 Å². The highest BCUT2D eigenvalue weighted by molar-refractivity contribution is 14.1. The summed E-state index contributed by atoms with van der Waals surface area (Å²) in [6.07, 6.45) is 1.74. The zero-order chi connectivity index (χ0) is 14.0. The zero-order valence-corrected chi connectivity index (χ0v) is 14.0. The van der Waals surface area contributed by atoms with E-state index in [1.165, 1.54) is 7.11 Å². The highest BCUT2D eigenvalue weighted by Gasteiger charge is 2.12. The molecule has 0 fully saturated rings. The molecule has 0 spiro atoms. The zero-order valence-electron chi connectivity index (χ0n) is 10.2. The molecule has 7 heteroatoms. The first kappa shape index (κ1) is 14.3. The van der Waals surface area contributed by atoms with Crippen LogP contribution in [-0.4, -0.2) is 29.2 Å². The van der Waals surface area contributed by atoms with Gasteiger partial charge < -0.3 is 15.2 Å². The van der Waals surface area contributed by atoms with E-state index in [0.29, 0.717) is 16.0 Å². The summed E-state index contributed by atoms with van der Waals surface area (Å²) in [5, 5.41) is 12.8. The second kappa shape index (κ2) is 5.91. The summed E-state index contributed by atoms with van der Waals surface area (Å²) in [5.74, 6) is 1.75. The van der Waals surface area contributed by atoms with Gasteiger partial charge in [-0.1, -0.05) is 0 Å². The van der Waals surface area contributed by atoms with Crippen molar-refractivity contribution in [2.75, 3.05) is 19.5 Å². The van der Waals surface area contributed by atoms with Crippen LogP contribution >= 0.6 is 38.5 Å². The molecule has 2 rings (SSSR count). The average molecular weight is 436 g/mol. The van der Waals surface area contributed by atoms with Crippen LogP contribution in [0.2, 0.25) is 0 Å². The lowest BCUT2D eigenvalue weighted by atomic mass is 10.2. The molecular weight excluding hydrogens is 425 g/mol. The number of anilines is 1. The minimum absolute atomic E-state index is 0.0607. The maximum absolute atomic E-state index is 9.79. The Labute approximate surface area is 132 Å². The van der Waals surface area contributed by atoms with Gasteiger partial charge in [0.25, 0.3) is 0 Å². The Hall–Kier alpha value is -1.09. The van der Waals surface area contributed by atoms with Gasteiger partial charge >= 0.3 is 0 Å². The van der Waals surface area contributed by atoms with Crippen molar-refractivity contribution in [2.24, 2.45) is 0 Å². The molecule has 0 radical (unpaired) electrons. The molecule has 0 amide bonds. The van der Waals surface area contributed by atoms with Crippen molar-refractivity contribution in [1.29, 1.82) is 0 Å². The van der Waals surface area contributed by atoms with Crippen LogP contribution in [0, 0.1) is 3.57 Å². The van der Waals surface area contributed by atoms with Crippen molar-refractivity contribution in [3.05, 3.63) is 26.4 Å². The Morgan fingerprint density at radius 1 is 1.42 bits per heavy atom. The SMILES string of the molecule is CNc1nc(-c2cc(Br)c(O)c(OC)c2)ncc1I. The molecule has 2 aromatic rings. The lowest BCUT2D eigenvalue weighted by molar-refractivity contribution is 0.372. The number of phenols is 1. The number of ether oxygens (including phenoxy) is 1. The summed E-state index contributed by atoms with van der Waals surface area (Å²) >= 11 is 5.44. The largest absolute Gasteiger partial charge is 0.503 e. The lowest BCUT2D eigenvalue weighted by Gasteiger charge is -2.09. The van der Waals surface area contributed by atoms with Gasteiger partial charge in [-0.25, -0.2) is 9.97 Å². The van der Waals surface area contributed by atoms with Gasteiger partial charge in [0.1, 0.15) is 5.82 Å². The topological polar surface area (TPSA) is 67.3 Å². The first-order valence-corrected chi connectivity index (χ1v) is 7.21. The quantitative estimate of drug-likeness (QED) is 0.724. The maximum Gasteiger partial charge on any atom is 0.172 e. The average Bonchev–Trinajstić information content (AvgIpc) is 2.42. The van der Waals surface area contributed by atoms with E-state index in [4.69, 9.17) is 4.74 Å². The number of benzene rings is 1. The van der Waals surface area contributed by atoms with Crippen LogP contribution in [-0.2, 0) is 0 Å². The van der Waals surface area contributed by atoms with Crippen LogP contribution in [0.4, 0.5) is 5.82 Å². The molecule has 1 aromatic heterocycles. The molecule has 5 nitrogen and oxygen atoms in total.